The molecule has 0 spiro atoms. The lowest BCUT2D eigenvalue weighted by molar-refractivity contribution is -0.388. The van der Waals surface area contributed by atoms with Crippen molar-refractivity contribution in [1.29, 1.82) is 0 Å². The van der Waals surface area contributed by atoms with Crippen LogP contribution in [0.1, 0.15) is 18.6 Å². The van der Waals surface area contributed by atoms with Crippen molar-refractivity contribution in [3.05, 3.63) is 60.2 Å². The first-order valence-electron chi connectivity index (χ1n) is 8.07. The van der Waals surface area contributed by atoms with E-state index in [4.69, 9.17) is 22.4 Å². The summed E-state index contributed by atoms with van der Waals surface area (Å²) in [4.78, 5) is 0. The first-order valence-corrected chi connectivity index (χ1v) is 9.89. The van der Waals surface area contributed by atoms with Gasteiger partial charge in [-0.2, -0.15) is 0 Å². The summed E-state index contributed by atoms with van der Waals surface area (Å²) in [5.74, 6) is 1.30. The molecule has 8 heteroatoms. The van der Waals surface area contributed by atoms with Crippen LogP contribution in [0.2, 0.25) is 0 Å². The Morgan fingerprint density at radius 3 is 2.08 bits per heavy atom. The largest absolute Gasteiger partial charge is 0.748 e. The van der Waals surface area contributed by atoms with Gasteiger partial charge >= 0.3 is 0 Å². The van der Waals surface area contributed by atoms with Gasteiger partial charge in [0.2, 0.25) is 0 Å². The van der Waals surface area contributed by atoms with Crippen LogP contribution in [-0.4, -0.2) is 43.6 Å². The molecule has 26 heavy (non-hydrogen) atoms. The van der Waals surface area contributed by atoms with Crippen molar-refractivity contribution in [3.63, 3.8) is 0 Å². The van der Waals surface area contributed by atoms with Crippen LogP contribution < -0.4 is 15.2 Å². The van der Waals surface area contributed by atoms with Crippen molar-refractivity contribution in [2.75, 3.05) is 19.4 Å². The summed E-state index contributed by atoms with van der Waals surface area (Å²) in [6.07, 6.45) is -0.542. The van der Waals surface area contributed by atoms with Crippen molar-refractivity contribution < 1.29 is 33.3 Å². The zero-order chi connectivity index (χ0) is 19.6. The van der Waals surface area contributed by atoms with E-state index in [-0.39, 0.29) is 0 Å². The molecule has 0 bridgehead atoms. The van der Waals surface area contributed by atoms with E-state index in [2.05, 4.69) is 5.73 Å². The number of hydrogen-bond acceptors (Lipinski definition) is 6. The summed E-state index contributed by atoms with van der Waals surface area (Å²) in [6.45, 7) is 2.86. The van der Waals surface area contributed by atoms with Gasteiger partial charge in [-0.05, 0) is 24.6 Å². The highest BCUT2D eigenvalue weighted by atomic mass is 32.2. The average molecular weight is 383 g/mol. The van der Waals surface area contributed by atoms with E-state index in [0.717, 1.165) is 5.56 Å². The van der Waals surface area contributed by atoms with Gasteiger partial charge in [0, 0.05) is 6.26 Å². The van der Waals surface area contributed by atoms with E-state index in [9.17, 15) is 5.11 Å². The summed E-state index contributed by atoms with van der Waals surface area (Å²) in [6, 6.07) is 17.1. The van der Waals surface area contributed by atoms with Crippen LogP contribution >= 0.6 is 0 Å². The number of ether oxygens (including phenoxy) is 2. The molecule has 2 rings (SSSR count). The lowest BCUT2D eigenvalue weighted by Crippen LogP contribution is -2.57. The summed E-state index contributed by atoms with van der Waals surface area (Å²) in [7, 11) is -3.92. The van der Waals surface area contributed by atoms with Crippen LogP contribution in [0.5, 0.6) is 11.5 Å². The Hall–Kier alpha value is -2.13. The van der Waals surface area contributed by atoms with Gasteiger partial charge in [0.25, 0.3) is 0 Å². The molecule has 2 aromatic carbocycles. The third kappa shape index (κ3) is 8.30. The molecule has 0 amide bonds. The fourth-order valence-electron chi connectivity index (χ4n) is 2.12. The van der Waals surface area contributed by atoms with Crippen molar-refractivity contribution in [2.45, 2.75) is 19.1 Å². The van der Waals surface area contributed by atoms with Crippen LogP contribution in [-0.2, 0) is 10.1 Å². The minimum atomic E-state index is -3.92. The first kappa shape index (κ1) is 21.9. The monoisotopic (exact) mass is 383 g/mol. The summed E-state index contributed by atoms with van der Waals surface area (Å²) >= 11 is 0. The molecule has 0 saturated carbocycles. The first-order chi connectivity index (χ1) is 12.3. The van der Waals surface area contributed by atoms with Crippen molar-refractivity contribution in [2.24, 2.45) is 0 Å². The fourth-order valence-corrected chi connectivity index (χ4v) is 2.12. The van der Waals surface area contributed by atoms with E-state index in [1.54, 1.807) is 0 Å². The number of quaternary nitrogens is 1. The number of hydrogen-bond donors (Lipinski definition) is 2. The Morgan fingerprint density at radius 1 is 1.08 bits per heavy atom. The standard InChI is InChI=1S/C17H21NO3.CH4O3S/c1-2-20-15-10-6-7-11-16(15)21-17(14(19)12-18)13-8-4-3-5-9-13;1-5(2,3)4/h3-11,14,17,19H,2,12,18H2,1H3;1H3,(H,2,3,4)/t14-,17-;/m1./s1. The van der Waals surface area contributed by atoms with Gasteiger partial charge in [0.05, 0.1) is 16.7 Å². The Morgan fingerprint density at radius 2 is 1.58 bits per heavy atom. The molecule has 0 fully saturated rings. The van der Waals surface area contributed by atoms with E-state index in [1.807, 2.05) is 61.5 Å². The van der Waals surface area contributed by atoms with Gasteiger partial charge in [-0.3, -0.25) is 0 Å². The Bertz CT molecular complexity index is 743. The molecule has 0 aliphatic carbocycles. The summed E-state index contributed by atoms with van der Waals surface area (Å²) < 4.78 is 38.8. The third-order valence-electron chi connectivity index (χ3n) is 3.18. The molecule has 7 nitrogen and oxygen atoms in total. The molecule has 0 radical (unpaired) electrons. The van der Waals surface area contributed by atoms with Gasteiger partial charge in [0.1, 0.15) is 12.6 Å². The van der Waals surface area contributed by atoms with E-state index < -0.39 is 22.3 Å². The van der Waals surface area contributed by atoms with Gasteiger partial charge in [0.15, 0.2) is 17.6 Å². The molecular weight excluding hydrogens is 358 g/mol. The minimum absolute atomic E-state index is 0.371. The molecule has 0 aliphatic rings. The second-order valence-corrected chi connectivity index (χ2v) is 6.80. The van der Waals surface area contributed by atoms with Gasteiger partial charge in [-0.15, -0.1) is 0 Å². The maximum atomic E-state index is 10.2. The molecule has 0 aliphatic heterocycles. The SMILES string of the molecule is CCOc1ccccc1O[C@H](c1ccccc1)[C@H](O)C[NH3+].CS(=O)(=O)[O-]. The average Bonchev–Trinajstić information content (AvgIpc) is 2.60. The zero-order valence-electron chi connectivity index (χ0n) is 14.9. The highest BCUT2D eigenvalue weighted by molar-refractivity contribution is 7.84. The van der Waals surface area contributed by atoms with Crippen LogP contribution in [0, 0.1) is 0 Å². The van der Waals surface area contributed by atoms with Gasteiger partial charge in [-0.25, -0.2) is 8.42 Å². The molecule has 0 saturated heterocycles. The predicted molar refractivity (Wildman–Crippen MR) is 96.8 cm³/mol. The predicted octanol–water partition coefficient (Wildman–Crippen LogP) is 0.970. The van der Waals surface area contributed by atoms with E-state index in [0.29, 0.717) is 30.9 Å². The lowest BCUT2D eigenvalue weighted by atomic mass is 10.0. The molecule has 2 aromatic rings. The second kappa shape index (κ2) is 10.8. The maximum Gasteiger partial charge on any atom is 0.162 e. The van der Waals surface area contributed by atoms with Crippen molar-refractivity contribution in [1.82, 2.24) is 0 Å². The van der Waals surface area contributed by atoms with Gasteiger partial charge in [-0.1, -0.05) is 42.5 Å². The highest BCUT2D eigenvalue weighted by Crippen LogP contribution is 2.32. The molecule has 0 unspecified atom stereocenters. The molecule has 0 aromatic heterocycles. The Kier molecular flexibility index (Phi) is 9.08. The third-order valence-corrected chi connectivity index (χ3v) is 3.18. The quantitative estimate of drug-likeness (QED) is 0.687. The molecule has 0 heterocycles. The topological polar surface area (TPSA) is 124 Å². The van der Waals surface area contributed by atoms with Crippen molar-refractivity contribution >= 4 is 10.1 Å². The van der Waals surface area contributed by atoms with E-state index in [1.165, 1.54) is 0 Å². The number of aliphatic hydroxyl groups excluding tert-OH is 1. The van der Waals surface area contributed by atoms with Crippen molar-refractivity contribution in [3.8, 4) is 11.5 Å². The highest BCUT2D eigenvalue weighted by Gasteiger charge is 2.24. The summed E-state index contributed by atoms with van der Waals surface area (Å²) in [5.41, 5.74) is 4.69. The van der Waals surface area contributed by atoms with Gasteiger partial charge < -0.3 is 24.9 Å². The lowest BCUT2D eigenvalue weighted by Gasteiger charge is -2.24. The molecule has 4 N–H and O–H groups in total. The fraction of sp³-hybridized carbons (Fsp3) is 0.333. The maximum absolute atomic E-state index is 10.2. The number of benzene rings is 2. The zero-order valence-corrected chi connectivity index (χ0v) is 15.7. The van der Waals surface area contributed by atoms with Crippen LogP contribution in [0.15, 0.2) is 54.6 Å². The Balaban J connectivity index is 0.000000597. The summed E-state index contributed by atoms with van der Waals surface area (Å²) in [5, 5.41) is 10.2. The number of para-hydroxylation sites is 2. The Labute approximate surface area is 154 Å². The second-order valence-electron chi connectivity index (χ2n) is 5.39. The molecule has 144 valence electrons. The minimum Gasteiger partial charge on any atom is -0.748 e. The molecule has 2 atom stereocenters. The smallest absolute Gasteiger partial charge is 0.162 e. The van der Waals surface area contributed by atoms with E-state index >= 15 is 0 Å². The number of rotatable bonds is 7. The van der Waals surface area contributed by atoms with Crippen LogP contribution in [0.4, 0.5) is 0 Å². The van der Waals surface area contributed by atoms with Crippen LogP contribution in [0.3, 0.4) is 0 Å². The number of aliphatic hydroxyl groups is 1. The van der Waals surface area contributed by atoms with Crippen LogP contribution in [0.25, 0.3) is 0 Å². The molecular formula is C18H25NO6S. The normalized spacial score (nSPS) is 13.1.